The molecule has 0 radical (unpaired) electrons. The van der Waals surface area contributed by atoms with Crippen LogP contribution in [0.3, 0.4) is 0 Å². The lowest BCUT2D eigenvalue weighted by Gasteiger charge is -2.53. The highest BCUT2D eigenvalue weighted by molar-refractivity contribution is 5.95. The van der Waals surface area contributed by atoms with Gasteiger partial charge < -0.3 is 20.1 Å². The van der Waals surface area contributed by atoms with Crippen LogP contribution >= 0.6 is 0 Å². The zero-order chi connectivity index (χ0) is 22.4. The van der Waals surface area contributed by atoms with Crippen molar-refractivity contribution < 1.29 is 39.2 Å². The molecule has 0 aromatic carbocycles. The van der Waals surface area contributed by atoms with Crippen molar-refractivity contribution in [3.8, 4) is 0 Å². The second-order valence-corrected chi connectivity index (χ2v) is 7.63. The van der Waals surface area contributed by atoms with Gasteiger partial charge in [0, 0.05) is 6.92 Å². The number of hydrogen-bond acceptors (Lipinski definition) is 5. The van der Waals surface area contributed by atoms with Crippen molar-refractivity contribution in [1.82, 2.24) is 0 Å². The molecule has 0 rings (SSSR count). The SMILES string of the molecule is CCC(C)C(C(=O)O)C(OC(C)=O)(C(=O)O)C(C(=O)O)(C(C)CC)C(C)CC. The fourth-order valence-electron chi connectivity index (χ4n) is 4.48. The highest BCUT2D eigenvalue weighted by atomic mass is 16.6. The summed E-state index contributed by atoms with van der Waals surface area (Å²) in [5.41, 5.74) is -4.91. The normalized spacial score (nSPS) is 20.0. The molecule has 0 heterocycles. The summed E-state index contributed by atoms with van der Waals surface area (Å²) in [5.74, 6) is -9.81. The maximum atomic E-state index is 12.7. The highest BCUT2D eigenvalue weighted by Gasteiger charge is 2.73. The molecule has 8 nitrogen and oxygen atoms in total. The standard InChI is InChI=1S/C20H34O8/c1-8-11(4)15(16(22)23)20(18(26)27,28-14(7)21)19(17(24)25,12(5)9-2)13(6)10-3/h11-13,15H,8-10H2,1-7H3,(H,22,23)(H,24,25)(H,26,27). The fourth-order valence-corrected chi connectivity index (χ4v) is 4.48. The van der Waals surface area contributed by atoms with Gasteiger partial charge in [-0.2, -0.15) is 0 Å². The van der Waals surface area contributed by atoms with Gasteiger partial charge in [0.05, 0.1) is 0 Å². The first-order valence-electron chi connectivity index (χ1n) is 9.71. The molecule has 0 fully saturated rings. The van der Waals surface area contributed by atoms with E-state index < -0.39 is 58.6 Å². The number of carboxylic acid groups (broad SMARTS) is 3. The van der Waals surface area contributed by atoms with Crippen LogP contribution in [0, 0.1) is 29.1 Å². The third-order valence-electron chi connectivity index (χ3n) is 6.29. The maximum Gasteiger partial charge on any atom is 0.350 e. The van der Waals surface area contributed by atoms with Gasteiger partial charge in [0.15, 0.2) is 0 Å². The smallest absolute Gasteiger partial charge is 0.350 e. The van der Waals surface area contributed by atoms with Crippen molar-refractivity contribution in [3.05, 3.63) is 0 Å². The van der Waals surface area contributed by atoms with Crippen LogP contribution in [0.5, 0.6) is 0 Å². The van der Waals surface area contributed by atoms with E-state index in [4.69, 9.17) is 4.74 Å². The molecule has 5 atom stereocenters. The molecule has 28 heavy (non-hydrogen) atoms. The summed E-state index contributed by atoms with van der Waals surface area (Å²) >= 11 is 0. The van der Waals surface area contributed by atoms with Crippen LogP contribution in [0.15, 0.2) is 0 Å². The molecule has 0 spiro atoms. The van der Waals surface area contributed by atoms with Gasteiger partial charge in [0.25, 0.3) is 0 Å². The number of rotatable bonds is 12. The van der Waals surface area contributed by atoms with Crippen molar-refractivity contribution in [1.29, 1.82) is 0 Å². The Bertz CT molecular complexity index is 589. The first kappa shape index (κ1) is 25.9. The first-order chi connectivity index (χ1) is 12.8. The lowest BCUT2D eigenvalue weighted by molar-refractivity contribution is -0.235. The van der Waals surface area contributed by atoms with Gasteiger partial charge in [-0.15, -0.1) is 0 Å². The predicted octanol–water partition coefficient (Wildman–Crippen LogP) is 3.28. The van der Waals surface area contributed by atoms with Crippen LogP contribution in [0.1, 0.15) is 67.7 Å². The molecule has 0 aromatic heterocycles. The van der Waals surface area contributed by atoms with Gasteiger partial charge in [0.1, 0.15) is 11.3 Å². The Hall–Kier alpha value is -2.12. The van der Waals surface area contributed by atoms with Gasteiger partial charge in [-0.25, -0.2) is 4.79 Å². The largest absolute Gasteiger partial charge is 0.481 e. The molecule has 3 N–H and O–H groups in total. The number of ether oxygens (including phenoxy) is 1. The summed E-state index contributed by atoms with van der Waals surface area (Å²) in [5, 5.41) is 30.6. The summed E-state index contributed by atoms with van der Waals surface area (Å²) in [7, 11) is 0. The molecule has 0 bridgehead atoms. The third kappa shape index (κ3) is 4.00. The molecular weight excluding hydrogens is 368 g/mol. The van der Waals surface area contributed by atoms with Gasteiger partial charge in [-0.05, 0) is 17.8 Å². The predicted molar refractivity (Wildman–Crippen MR) is 102 cm³/mol. The van der Waals surface area contributed by atoms with Crippen molar-refractivity contribution in [2.75, 3.05) is 0 Å². The van der Waals surface area contributed by atoms with Crippen LogP contribution in [-0.2, 0) is 23.9 Å². The minimum absolute atomic E-state index is 0.264. The minimum atomic E-state index is -2.77. The van der Waals surface area contributed by atoms with Crippen LogP contribution in [0.25, 0.3) is 0 Å². The fraction of sp³-hybridized carbons (Fsp3) is 0.800. The maximum absolute atomic E-state index is 12.7. The Balaban J connectivity index is 7.62. The van der Waals surface area contributed by atoms with E-state index >= 15 is 0 Å². The molecular formula is C20H34O8. The molecule has 0 saturated carbocycles. The van der Waals surface area contributed by atoms with Gasteiger partial charge >= 0.3 is 23.9 Å². The van der Waals surface area contributed by atoms with Crippen molar-refractivity contribution >= 4 is 23.9 Å². The highest BCUT2D eigenvalue weighted by Crippen LogP contribution is 2.55. The molecule has 0 aliphatic heterocycles. The number of esters is 1. The van der Waals surface area contributed by atoms with Crippen LogP contribution in [0.2, 0.25) is 0 Å². The van der Waals surface area contributed by atoms with Crippen LogP contribution in [-0.4, -0.2) is 44.8 Å². The quantitative estimate of drug-likeness (QED) is 0.423. The Kier molecular flexibility index (Phi) is 9.14. The third-order valence-corrected chi connectivity index (χ3v) is 6.29. The average molecular weight is 402 g/mol. The number of carboxylic acids is 3. The van der Waals surface area contributed by atoms with E-state index in [0.29, 0.717) is 0 Å². The van der Waals surface area contributed by atoms with Crippen molar-refractivity contribution in [2.45, 2.75) is 73.3 Å². The van der Waals surface area contributed by atoms with E-state index in [1.807, 2.05) is 0 Å². The molecule has 0 saturated heterocycles. The van der Waals surface area contributed by atoms with E-state index in [1.165, 1.54) is 6.92 Å². The van der Waals surface area contributed by atoms with Gasteiger partial charge in [-0.1, -0.05) is 60.8 Å². The monoisotopic (exact) mass is 402 g/mol. The molecule has 8 heteroatoms. The van der Waals surface area contributed by atoms with E-state index in [0.717, 1.165) is 6.92 Å². The van der Waals surface area contributed by atoms with Gasteiger partial charge in [-0.3, -0.25) is 14.4 Å². The minimum Gasteiger partial charge on any atom is -0.481 e. The summed E-state index contributed by atoms with van der Waals surface area (Å²) in [4.78, 5) is 49.8. The Morgan fingerprint density at radius 2 is 1.25 bits per heavy atom. The molecule has 0 aliphatic rings. The molecule has 0 aromatic rings. The average Bonchev–Trinajstić information content (AvgIpc) is 2.59. The lowest BCUT2D eigenvalue weighted by Crippen LogP contribution is -2.71. The van der Waals surface area contributed by atoms with Crippen LogP contribution < -0.4 is 0 Å². The zero-order valence-electron chi connectivity index (χ0n) is 17.8. The number of carbonyl (C=O) groups excluding carboxylic acids is 1. The molecule has 162 valence electrons. The molecule has 0 amide bonds. The molecule has 5 unspecified atom stereocenters. The number of carbonyl (C=O) groups is 4. The summed E-state index contributed by atoms with van der Waals surface area (Å²) in [6.07, 6.45) is 0.795. The lowest BCUT2D eigenvalue weighted by atomic mass is 9.51. The van der Waals surface area contributed by atoms with E-state index in [-0.39, 0.29) is 19.3 Å². The second-order valence-electron chi connectivity index (χ2n) is 7.63. The van der Waals surface area contributed by atoms with E-state index in [9.17, 15) is 34.5 Å². The number of aliphatic carboxylic acids is 3. The Morgan fingerprint density at radius 1 is 0.821 bits per heavy atom. The van der Waals surface area contributed by atoms with E-state index in [2.05, 4.69) is 0 Å². The first-order valence-corrected chi connectivity index (χ1v) is 9.71. The van der Waals surface area contributed by atoms with Gasteiger partial charge in [0.2, 0.25) is 5.60 Å². The zero-order valence-corrected chi connectivity index (χ0v) is 17.8. The van der Waals surface area contributed by atoms with Crippen molar-refractivity contribution in [3.63, 3.8) is 0 Å². The Labute approximate surface area is 166 Å². The topological polar surface area (TPSA) is 138 Å². The summed E-state index contributed by atoms with van der Waals surface area (Å²) < 4.78 is 5.32. The Morgan fingerprint density at radius 3 is 1.46 bits per heavy atom. The van der Waals surface area contributed by atoms with Crippen molar-refractivity contribution in [2.24, 2.45) is 29.1 Å². The number of hydrogen-bond donors (Lipinski definition) is 3. The summed E-state index contributed by atoms with van der Waals surface area (Å²) in [6.45, 7) is 10.7. The van der Waals surface area contributed by atoms with Crippen LogP contribution in [0.4, 0.5) is 0 Å². The molecule has 0 aliphatic carbocycles. The van der Waals surface area contributed by atoms with E-state index in [1.54, 1.807) is 34.6 Å². The second kappa shape index (κ2) is 9.89. The summed E-state index contributed by atoms with van der Waals surface area (Å²) in [6, 6.07) is 0.